The summed E-state index contributed by atoms with van der Waals surface area (Å²) in [5.41, 5.74) is 0.697. The van der Waals surface area contributed by atoms with Crippen molar-refractivity contribution >= 4 is 54.2 Å². The highest BCUT2D eigenvalue weighted by molar-refractivity contribution is 9.10. The third-order valence-corrected chi connectivity index (χ3v) is 6.03. The predicted molar refractivity (Wildman–Crippen MR) is 91.2 cm³/mol. The minimum atomic E-state index is -3.50. The molecule has 0 radical (unpaired) electrons. The Morgan fingerprint density at radius 1 is 1.43 bits per heavy atom. The van der Waals surface area contributed by atoms with Gasteiger partial charge in [0.2, 0.25) is 15.2 Å². The zero-order chi connectivity index (χ0) is 15.3. The first-order valence-electron chi connectivity index (χ1n) is 5.80. The van der Waals surface area contributed by atoms with E-state index in [9.17, 15) is 8.42 Å². The minimum Gasteiger partial charge on any atom is -0.257 e. The first kappa shape index (κ1) is 16.5. The molecule has 0 atom stereocenters. The molecular weight excluding hydrogens is 394 g/mol. The molecular formula is C12H12BrN3O2S3. The summed E-state index contributed by atoms with van der Waals surface area (Å²) in [6.07, 6.45) is 1.75. The van der Waals surface area contributed by atoms with Gasteiger partial charge in [-0.25, -0.2) is 8.42 Å². The fraction of sp³-hybridized carbons (Fsp3) is 0.167. The van der Waals surface area contributed by atoms with Crippen LogP contribution in [0.2, 0.25) is 0 Å². The lowest BCUT2D eigenvalue weighted by molar-refractivity contribution is 0.600. The van der Waals surface area contributed by atoms with Crippen LogP contribution in [0.4, 0.5) is 5.13 Å². The molecule has 0 amide bonds. The van der Waals surface area contributed by atoms with Crippen LogP contribution in [0.15, 0.2) is 45.7 Å². The summed E-state index contributed by atoms with van der Waals surface area (Å²) in [7, 11) is -3.50. The van der Waals surface area contributed by atoms with Crippen LogP contribution in [-0.2, 0) is 15.8 Å². The molecule has 0 unspecified atom stereocenters. The Labute approximate surface area is 140 Å². The SMILES string of the molecule is C=CCSc1nnc(NS(=O)(=O)Cc2cccc(Br)c2)s1. The van der Waals surface area contributed by atoms with E-state index >= 15 is 0 Å². The molecule has 0 saturated heterocycles. The molecule has 0 aliphatic heterocycles. The van der Waals surface area contributed by atoms with Crippen molar-refractivity contribution in [1.82, 2.24) is 10.2 Å². The van der Waals surface area contributed by atoms with Crippen LogP contribution in [0.3, 0.4) is 0 Å². The van der Waals surface area contributed by atoms with E-state index in [0.29, 0.717) is 15.7 Å². The Morgan fingerprint density at radius 3 is 2.95 bits per heavy atom. The first-order chi connectivity index (χ1) is 9.98. The van der Waals surface area contributed by atoms with Crippen LogP contribution < -0.4 is 4.72 Å². The lowest BCUT2D eigenvalue weighted by Gasteiger charge is -2.05. The van der Waals surface area contributed by atoms with Crippen molar-refractivity contribution < 1.29 is 8.42 Å². The van der Waals surface area contributed by atoms with Gasteiger partial charge in [-0.2, -0.15) is 0 Å². The molecule has 112 valence electrons. The summed E-state index contributed by atoms with van der Waals surface area (Å²) in [4.78, 5) is 0. The van der Waals surface area contributed by atoms with E-state index in [1.54, 1.807) is 24.3 Å². The fourth-order valence-corrected chi connectivity index (χ4v) is 4.81. The van der Waals surface area contributed by atoms with Gasteiger partial charge in [0.1, 0.15) is 0 Å². The van der Waals surface area contributed by atoms with E-state index in [2.05, 4.69) is 37.4 Å². The monoisotopic (exact) mass is 405 g/mol. The first-order valence-corrected chi connectivity index (χ1v) is 10.1. The highest BCUT2D eigenvalue weighted by atomic mass is 79.9. The van der Waals surface area contributed by atoms with E-state index in [4.69, 9.17) is 0 Å². The third-order valence-electron chi connectivity index (χ3n) is 2.22. The zero-order valence-electron chi connectivity index (χ0n) is 10.8. The molecule has 0 fully saturated rings. The highest BCUT2D eigenvalue weighted by Gasteiger charge is 2.15. The molecule has 1 aromatic heterocycles. The summed E-state index contributed by atoms with van der Waals surface area (Å²) in [6.45, 7) is 3.62. The van der Waals surface area contributed by atoms with Crippen molar-refractivity contribution in [3.05, 3.63) is 47.0 Å². The predicted octanol–water partition coefficient (Wildman–Crippen LogP) is 3.52. The second kappa shape index (κ2) is 7.39. The summed E-state index contributed by atoms with van der Waals surface area (Å²) in [5, 5.41) is 8.01. The summed E-state index contributed by atoms with van der Waals surface area (Å²) >= 11 is 5.98. The van der Waals surface area contributed by atoms with E-state index in [1.165, 1.54) is 23.1 Å². The van der Waals surface area contributed by atoms with Gasteiger partial charge in [-0.3, -0.25) is 4.72 Å². The number of aromatic nitrogens is 2. The van der Waals surface area contributed by atoms with Crippen molar-refractivity contribution in [3.8, 4) is 0 Å². The molecule has 1 N–H and O–H groups in total. The van der Waals surface area contributed by atoms with Crippen molar-refractivity contribution in [2.45, 2.75) is 10.1 Å². The number of hydrogen-bond donors (Lipinski definition) is 1. The maximum atomic E-state index is 12.1. The second-order valence-corrected chi connectivity index (χ2v) is 8.85. The number of sulfonamides is 1. The normalized spacial score (nSPS) is 11.3. The number of nitrogens with zero attached hydrogens (tertiary/aromatic N) is 2. The minimum absolute atomic E-state index is 0.110. The number of thioether (sulfide) groups is 1. The van der Waals surface area contributed by atoms with Gasteiger partial charge in [-0.05, 0) is 17.7 Å². The smallest absolute Gasteiger partial charge is 0.238 e. The quantitative estimate of drug-likeness (QED) is 0.563. The van der Waals surface area contributed by atoms with Gasteiger partial charge in [0, 0.05) is 10.2 Å². The van der Waals surface area contributed by atoms with Crippen LogP contribution in [-0.4, -0.2) is 24.4 Å². The molecule has 0 saturated carbocycles. The molecule has 0 aliphatic carbocycles. The molecule has 9 heteroatoms. The van der Waals surface area contributed by atoms with Gasteiger partial charge in [-0.1, -0.05) is 57.2 Å². The van der Waals surface area contributed by atoms with Crippen LogP contribution in [0.25, 0.3) is 0 Å². The Hall–Kier alpha value is -0.900. The topological polar surface area (TPSA) is 72.0 Å². The van der Waals surface area contributed by atoms with Crippen molar-refractivity contribution in [1.29, 1.82) is 0 Å². The molecule has 21 heavy (non-hydrogen) atoms. The molecule has 0 aliphatic rings. The van der Waals surface area contributed by atoms with Crippen LogP contribution in [0.1, 0.15) is 5.56 Å². The Bertz CT molecular complexity index is 731. The van der Waals surface area contributed by atoms with Crippen molar-refractivity contribution in [2.24, 2.45) is 0 Å². The summed E-state index contributed by atoms with van der Waals surface area (Å²) in [6, 6.07) is 7.17. The Balaban J connectivity index is 2.03. The maximum absolute atomic E-state index is 12.1. The number of hydrogen-bond acceptors (Lipinski definition) is 6. The summed E-state index contributed by atoms with van der Waals surface area (Å²) in [5.74, 6) is 0.598. The van der Waals surface area contributed by atoms with Gasteiger partial charge in [0.05, 0.1) is 5.75 Å². The van der Waals surface area contributed by atoms with Crippen LogP contribution in [0, 0.1) is 0 Å². The molecule has 5 nitrogen and oxygen atoms in total. The molecule has 0 spiro atoms. The fourth-order valence-electron chi connectivity index (χ4n) is 1.45. The molecule has 0 bridgehead atoms. The molecule has 2 rings (SSSR count). The average molecular weight is 406 g/mol. The standard InChI is InChI=1S/C12H12BrN3O2S3/c1-2-6-19-12-15-14-11(20-12)16-21(17,18)8-9-4-3-5-10(13)7-9/h2-5,7H,1,6,8H2,(H,14,16). The Kier molecular flexibility index (Phi) is 5.80. The number of halogens is 1. The number of benzene rings is 1. The molecule has 1 aromatic carbocycles. The zero-order valence-corrected chi connectivity index (χ0v) is 14.9. The summed E-state index contributed by atoms with van der Waals surface area (Å²) < 4.78 is 28.2. The average Bonchev–Trinajstić information content (AvgIpc) is 2.82. The van der Waals surface area contributed by atoms with E-state index in [-0.39, 0.29) is 10.9 Å². The van der Waals surface area contributed by atoms with E-state index in [1.807, 2.05) is 6.07 Å². The van der Waals surface area contributed by atoms with Gasteiger partial charge in [-0.15, -0.1) is 16.8 Å². The Morgan fingerprint density at radius 2 is 2.24 bits per heavy atom. The number of anilines is 1. The van der Waals surface area contributed by atoms with E-state index < -0.39 is 10.0 Å². The van der Waals surface area contributed by atoms with E-state index in [0.717, 1.165) is 4.47 Å². The third kappa shape index (κ3) is 5.42. The largest absolute Gasteiger partial charge is 0.257 e. The van der Waals surface area contributed by atoms with Gasteiger partial charge in [0.15, 0.2) is 4.34 Å². The van der Waals surface area contributed by atoms with Gasteiger partial charge >= 0.3 is 0 Å². The van der Waals surface area contributed by atoms with Gasteiger partial charge in [0.25, 0.3) is 0 Å². The van der Waals surface area contributed by atoms with Crippen LogP contribution in [0.5, 0.6) is 0 Å². The highest BCUT2D eigenvalue weighted by Crippen LogP contribution is 2.26. The lowest BCUT2D eigenvalue weighted by atomic mass is 10.2. The molecule has 2 aromatic rings. The number of nitrogens with one attached hydrogen (secondary N) is 1. The van der Waals surface area contributed by atoms with Gasteiger partial charge < -0.3 is 0 Å². The lowest BCUT2D eigenvalue weighted by Crippen LogP contribution is -2.14. The van der Waals surface area contributed by atoms with Crippen molar-refractivity contribution in [2.75, 3.05) is 10.5 Å². The number of rotatable bonds is 7. The van der Waals surface area contributed by atoms with Crippen LogP contribution >= 0.6 is 39.0 Å². The second-order valence-electron chi connectivity index (χ2n) is 3.96. The maximum Gasteiger partial charge on any atom is 0.238 e. The molecule has 1 heterocycles. The van der Waals surface area contributed by atoms with Crippen molar-refractivity contribution in [3.63, 3.8) is 0 Å².